The summed E-state index contributed by atoms with van der Waals surface area (Å²) in [6.07, 6.45) is 1.16. The number of nitrogens with zero attached hydrogens (tertiary/aromatic N) is 2. The van der Waals surface area contributed by atoms with Gasteiger partial charge in [0.25, 0.3) is 0 Å². The normalized spacial score (nSPS) is 12.5. The molecule has 0 aliphatic rings. The molecule has 2 rings (SSSR count). The average Bonchev–Trinajstić information content (AvgIpc) is 2.87. The number of rotatable bonds is 6. The number of benzene rings is 1. The number of hydrogen-bond donors (Lipinski definition) is 0. The molecule has 0 saturated heterocycles. The third-order valence-corrected chi connectivity index (χ3v) is 3.83. The Morgan fingerprint density at radius 1 is 1.32 bits per heavy atom. The molecule has 0 radical (unpaired) electrons. The Kier molecular flexibility index (Phi) is 6.15. The molecule has 5 nitrogen and oxygen atoms in total. The first-order valence-electron chi connectivity index (χ1n) is 8.04. The summed E-state index contributed by atoms with van der Waals surface area (Å²) in [6, 6.07) is 13.8. The molecule has 1 aromatic heterocycles. The molecule has 0 bridgehead atoms. The van der Waals surface area contributed by atoms with Gasteiger partial charge in [0, 0.05) is 24.2 Å². The molecule has 0 spiro atoms. The molecule has 0 amide bonds. The highest BCUT2D eigenvalue weighted by molar-refractivity contribution is 5.98. The molecule has 2 aromatic rings. The number of carbonyl (C=O) groups is 1. The number of esters is 1. The van der Waals surface area contributed by atoms with Crippen molar-refractivity contribution >= 4 is 12.0 Å². The van der Waals surface area contributed by atoms with Crippen LogP contribution >= 0.6 is 0 Å². The number of aromatic nitrogens is 1. The number of ether oxygens (including phenoxy) is 2. The van der Waals surface area contributed by atoms with Crippen LogP contribution in [0.5, 0.6) is 0 Å². The Bertz CT molecular complexity index is 813. The molecule has 1 aromatic carbocycles. The highest BCUT2D eigenvalue weighted by Crippen LogP contribution is 2.23. The van der Waals surface area contributed by atoms with Crippen LogP contribution in [0.4, 0.5) is 0 Å². The summed E-state index contributed by atoms with van der Waals surface area (Å²) in [4.78, 5) is 12.2. The summed E-state index contributed by atoms with van der Waals surface area (Å²) in [5.74, 6) is -0.642. The Labute approximate surface area is 148 Å². The smallest absolute Gasteiger partial charge is 0.349 e. The Morgan fingerprint density at radius 3 is 2.60 bits per heavy atom. The van der Waals surface area contributed by atoms with Gasteiger partial charge in [0.2, 0.25) is 0 Å². The SMILES string of the molecule is COC[C@H](C)OC(=O)/C(C#N)=C/c1cc(C)n(-c2ccccc2)c1C. The first kappa shape index (κ1) is 18.5. The Hall–Kier alpha value is -2.84. The van der Waals surface area contributed by atoms with Crippen LogP contribution in [0.3, 0.4) is 0 Å². The van der Waals surface area contributed by atoms with E-state index in [9.17, 15) is 10.1 Å². The van der Waals surface area contributed by atoms with E-state index in [1.54, 1.807) is 13.0 Å². The van der Waals surface area contributed by atoms with Gasteiger partial charge in [-0.25, -0.2) is 4.79 Å². The third kappa shape index (κ3) is 4.37. The van der Waals surface area contributed by atoms with Crippen LogP contribution < -0.4 is 0 Å². The lowest BCUT2D eigenvalue weighted by Crippen LogP contribution is -2.20. The minimum atomic E-state index is -0.642. The highest BCUT2D eigenvalue weighted by Gasteiger charge is 2.17. The second-order valence-electron chi connectivity index (χ2n) is 5.84. The van der Waals surface area contributed by atoms with Crippen molar-refractivity contribution in [3.8, 4) is 11.8 Å². The van der Waals surface area contributed by atoms with E-state index in [0.29, 0.717) is 0 Å². The zero-order chi connectivity index (χ0) is 18.4. The Morgan fingerprint density at radius 2 is 2.00 bits per heavy atom. The monoisotopic (exact) mass is 338 g/mol. The fraction of sp³-hybridized carbons (Fsp3) is 0.300. The van der Waals surface area contributed by atoms with Crippen molar-refractivity contribution in [2.24, 2.45) is 0 Å². The molecule has 0 N–H and O–H groups in total. The molecule has 5 heteroatoms. The van der Waals surface area contributed by atoms with E-state index in [-0.39, 0.29) is 12.2 Å². The largest absolute Gasteiger partial charge is 0.456 e. The van der Waals surface area contributed by atoms with Crippen molar-refractivity contribution in [3.63, 3.8) is 0 Å². The molecule has 0 unspecified atom stereocenters. The van der Waals surface area contributed by atoms with E-state index in [1.165, 1.54) is 7.11 Å². The van der Waals surface area contributed by atoms with E-state index in [0.717, 1.165) is 22.6 Å². The minimum absolute atomic E-state index is 0.0312. The number of carbonyl (C=O) groups excluding carboxylic acids is 1. The predicted octanol–water partition coefficient (Wildman–Crippen LogP) is 3.58. The summed E-state index contributed by atoms with van der Waals surface area (Å²) in [7, 11) is 1.53. The van der Waals surface area contributed by atoms with E-state index in [1.807, 2.05) is 56.3 Å². The van der Waals surface area contributed by atoms with Gasteiger partial charge in [0.15, 0.2) is 0 Å². The number of nitriles is 1. The van der Waals surface area contributed by atoms with Crippen molar-refractivity contribution in [2.45, 2.75) is 26.9 Å². The molecule has 1 atom stereocenters. The summed E-state index contributed by atoms with van der Waals surface area (Å²) in [5, 5.41) is 9.33. The summed E-state index contributed by atoms with van der Waals surface area (Å²) in [6.45, 7) is 5.95. The van der Waals surface area contributed by atoms with Gasteiger partial charge in [0.1, 0.15) is 17.7 Å². The topological polar surface area (TPSA) is 64.2 Å². The van der Waals surface area contributed by atoms with Gasteiger partial charge in [0.05, 0.1) is 6.61 Å². The van der Waals surface area contributed by atoms with Crippen LogP contribution in [-0.4, -0.2) is 30.4 Å². The fourth-order valence-corrected chi connectivity index (χ4v) is 2.72. The Balaban J connectivity index is 2.33. The van der Waals surface area contributed by atoms with Crippen molar-refractivity contribution in [3.05, 3.63) is 58.9 Å². The summed E-state index contributed by atoms with van der Waals surface area (Å²) < 4.78 is 12.2. The maximum Gasteiger partial charge on any atom is 0.349 e. The van der Waals surface area contributed by atoms with Gasteiger partial charge < -0.3 is 14.0 Å². The van der Waals surface area contributed by atoms with Crippen molar-refractivity contribution in [1.29, 1.82) is 5.26 Å². The minimum Gasteiger partial charge on any atom is -0.456 e. The number of hydrogen-bond acceptors (Lipinski definition) is 4. The maximum atomic E-state index is 12.2. The van der Waals surface area contributed by atoms with E-state index in [2.05, 4.69) is 4.57 Å². The van der Waals surface area contributed by atoms with Crippen LogP contribution in [0.25, 0.3) is 11.8 Å². The molecule has 130 valence electrons. The van der Waals surface area contributed by atoms with Gasteiger partial charge in [-0.15, -0.1) is 0 Å². The average molecular weight is 338 g/mol. The maximum absolute atomic E-state index is 12.2. The molecular weight excluding hydrogens is 316 g/mol. The zero-order valence-electron chi connectivity index (χ0n) is 14.9. The number of para-hydroxylation sites is 1. The zero-order valence-corrected chi connectivity index (χ0v) is 14.9. The quantitative estimate of drug-likeness (QED) is 0.459. The second kappa shape index (κ2) is 8.32. The van der Waals surface area contributed by atoms with Gasteiger partial charge in [-0.1, -0.05) is 18.2 Å². The van der Waals surface area contributed by atoms with Gasteiger partial charge >= 0.3 is 5.97 Å². The standard InChI is InChI=1S/C20H22N2O3/c1-14-10-17(16(3)22(14)19-8-6-5-7-9-19)11-18(12-21)20(23)25-15(2)13-24-4/h5-11,15H,13H2,1-4H3/b18-11+/t15-/m0/s1. The van der Waals surface area contributed by atoms with E-state index in [4.69, 9.17) is 9.47 Å². The second-order valence-corrected chi connectivity index (χ2v) is 5.84. The lowest BCUT2D eigenvalue weighted by Gasteiger charge is -2.11. The van der Waals surface area contributed by atoms with Crippen molar-refractivity contribution in [1.82, 2.24) is 4.57 Å². The molecule has 0 fully saturated rings. The third-order valence-electron chi connectivity index (χ3n) is 3.83. The molecule has 0 aliphatic heterocycles. The van der Waals surface area contributed by atoms with E-state index < -0.39 is 12.1 Å². The van der Waals surface area contributed by atoms with E-state index >= 15 is 0 Å². The highest BCUT2D eigenvalue weighted by atomic mass is 16.6. The van der Waals surface area contributed by atoms with Gasteiger partial charge in [-0.3, -0.25) is 0 Å². The van der Waals surface area contributed by atoms with Crippen molar-refractivity contribution < 1.29 is 14.3 Å². The van der Waals surface area contributed by atoms with Gasteiger partial charge in [-0.05, 0) is 50.6 Å². The first-order chi connectivity index (χ1) is 12.0. The van der Waals surface area contributed by atoms with Crippen LogP contribution in [0.1, 0.15) is 23.9 Å². The molecule has 1 heterocycles. The fourth-order valence-electron chi connectivity index (χ4n) is 2.72. The van der Waals surface area contributed by atoms with Crippen LogP contribution in [-0.2, 0) is 14.3 Å². The van der Waals surface area contributed by atoms with Gasteiger partial charge in [-0.2, -0.15) is 5.26 Å². The predicted molar refractivity (Wildman–Crippen MR) is 96.3 cm³/mol. The van der Waals surface area contributed by atoms with Crippen LogP contribution in [0.2, 0.25) is 0 Å². The molecule has 0 aliphatic carbocycles. The van der Waals surface area contributed by atoms with Crippen molar-refractivity contribution in [2.75, 3.05) is 13.7 Å². The lowest BCUT2D eigenvalue weighted by molar-refractivity contribution is -0.145. The van der Waals surface area contributed by atoms with Crippen LogP contribution in [0.15, 0.2) is 42.0 Å². The number of aryl methyl sites for hydroxylation is 1. The lowest BCUT2D eigenvalue weighted by atomic mass is 10.1. The number of methoxy groups -OCH3 is 1. The summed E-state index contributed by atoms with van der Waals surface area (Å²) >= 11 is 0. The molecule has 0 saturated carbocycles. The molecular formula is C20H22N2O3. The first-order valence-corrected chi connectivity index (χ1v) is 8.04. The van der Waals surface area contributed by atoms with Crippen LogP contribution in [0, 0.1) is 25.2 Å². The molecule has 25 heavy (non-hydrogen) atoms. The summed E-state index contributed by atoms with van der Waals surface area (Å²) in [5.41, 5.74) is 3.79.